The Kier molecular flexibility index (Phi) is 2.59. The lowest BCUT2D eigenvalue weighted by Crippen LogP contribution is -2.05. The van der Waals surface area contributed by atoms with Crippen LogP contribution in [0.3, 0.4) is 0 Å². The average molecular weight is 288 g/mol. The minimum absolute atomic E-state index is 0.105. The number of aromatic hydroxyl groups is 1. The number of aromatic nitrogens is 1. The number of hydrogen-bond donors (Lipinski definition) is 2. The number of rotatable bonds is 1. The van der Waals surface area contributed by atoms with E-state index in [1.165, 1.54) is 7.11 Å². The largest absolute Gasteiger partial charge is 0.507 e. The van der Waals surface area contributed by atoms with E-state index in [9.17, 15) is 14.3 Å². The fourth-order valence-electron chi connectivity index (χ4n) is 1.52. The van der Waals surface area contributed by atoms with Crippen molar-refractivity contribution in [2.75, 3.05) is 7.11 Å². The summed E-state index contributed by atoms with van der Waals surface area (Å²) in [6.45, 7) is 0. The monoisotopic (exact) mass is 287 g/mol. The van der Waals surface area contributed by atoms with Gasteiger partial charge in [0, 0.05) is 10.5 Å². The number of hydrogen-bond acceptors (Lipinski definition) is 3. The number of fused-ring (bicyclic) bond motifs is 1. The van der Waals surface area contributed by atoms with Crippen LogP contribution in [-0.4, -0.2) is 17.2 Å². The third kappa shape index (κ3) is 1.55. The van der Waals surface area contributed by atoms with E-state index >= 15 is 0 Å². The molecule has 0 bridgehead atoms. The van der Waals surface area contributed by atoms with E-state index in [0.717, 1.165) is 12.1 Å². The van der Waals surface area contributed by atoms with Crippen LogP contribution in [-0.2, 0) is 0 Å². The van der Waals surface area contributed by atoms with Crippen molar-refractivity contribution < 1.29 is 14.2 Å². The van der Waals surface area contributed by atoms with Crippen LogP contribution in [0, 0.1) is 5.82 Å². The summed E-state index contributed by atoms with van der Waals surface area (Å²) in [6.07, 6.45) is 0. The Bertz CT molecular complexity index is 623. The molecule has 0 amide bonds. The molecule has 1 heterocycles. The Morgan fingerprint density at radius 1 is 1.50 bits per heavy atom. The predicted octanol–water partition coefficient (Wildman–Crippen LogP) is 2.14. The van der Waals surface area contributed by atoms with Gasteiger partial charge in [0.1, 0.15) is 5.75 Å². The molecule has 0 unspecified atom stereocenters. The van der Waals surface area contributed by atoms with Crippen molar-refractivity contribution in [2.45, 2.75) is 0 Å². The number of pyridine rings is 1. The maximum Gasteiger partial charge on any atom is 0.252 e. The molecule has 0 aliphatic heterocycles. The molecular formula is C10H7BrFNO3. The fourth-order valence-corrected chi connectivity index (χ4v) is 2.02. The molecule has 1 aromatic carbocycles. The molecule has 0 spiro atoms. The highest BCUT2D eigenvalue weighted by molar-refractivity contribution is 9.10. The molecule has 4 nitrogen and oxygen atoms in total. The van der Waals surface area contributed by atoms with Gasteiger partial charge in [-0.15, -0.1) is 0 Å². The van der Waals surface area contributed by atoms with Gasteiger partial charge in [0.2, 0.25) is 0 Å². The average Bonchev–Trinajstić information content (AvgIpc) is 2.20. The molecule has 84 valence electrons. The van der Waals surface area contributed by atoms with Crippen molar-refractivity contribution in [1.29, 1.82) is 0 Å². The molecule has 0 saturated heterocycles. The number of benzene rings is 1. The van der Waals surface area contributed by atoms with Gasteiger partial charge >= 0.3 is 0 Å². The lowest BCUT2D eigenvalue weighted by molar-refractivity contribution is 0.389. The topological polar surface area (TPSA) is 62.3 Å². The number of nitrogens with one attached hydrogen (secondary N) is 1. The van der Waals surface area contributed by atoms with Crippen molar-refractivity contribution >= 4 is 26.8 Å². The molecule has 0 fully saturated rings. The predicted molar refractivity (Wildman–Crippen MR) is 60.4 cm³/mol. The fraction of sp³-hybridized carbons (Fsp3) is 0.100. The molecule has 0 saturated carbocycles. The summed E-state index contributed by atoms with van der Waals surface area (Å²) < 4.78 is 18.7. The molecule has 6 heteroatoms. The molecule has 0 radical (unpaired) electrons. The maximum atomic E-state index is 13.5. The molecule has 2 N–H and O–H groups in total. The number of H-pyrrole nitrogens is 1. The van der Waals surface area contributed by atoms with E-state index < -0.39 is 11.4 Å². The van der Waals surface area contributed by atoms with E-state index in [1.54, 1.807) is 0 Å². The smallest absolute Gasteiger partial charge is 0.252 e. The van der Waals surface area contributed by atoms with Gasteiger partial charge in [-0.3, -0.25) is 4.79 Å². The first kappa shape index (κ1) is 10.9. The summed E-state index contributed by atoms with van der Waals surface area (Å²) in [5.41, 5.74) is -0.178. The van der Waals surface area contributed by atoms with Crippen LogP contribution in [0.2, 0.25) is 0 Å². The van der Waals surface area contributed by atoms with Crippen molar-refractivity contribution in [3.05, 3.63) is 32.8 Å². The van der Waals surface area contributed by atoms with E-state index in [1.807, 2.05) is 0 Å². The Labute approximate surface area is 97.8 Å². The first-order chi connectivity index (χ1) is 7.54. The summed E-state index contributed by atoms with van der Waals surface area (Å²) in [5, 5.41) is 9.76. The van der Waals surface area contributed by atoms with Gasteiger partial charge in [0.05, 0.1) is 18.0 Å². The second-order valence-electron chi connectivity index (χ2n) is 3.14. The Morgan fingerprint density at radius 3 is 2.81 bits per heavy atom. The molecule has 1 aromatic heterocycles. The van der Waals surface area contributed by atoms with Crippen LogP contribution in [0.1, 0.15) is 0 Å². The minimum atomic E-state index is -0.621. The summed E-state index contributed by atoms with van der Waals surface area (Å²) in [6, 6.07) is 2.13. The van der Waals surface area contributed by atoms with Gasteiger partial charge in [-0.1, -0.05) is 0 Å². The van der Waals surface area contributed by atoms with Crippen molar-refractivity contribution in [3.8, 4) is 11.5 Å². The van der Waals surface area contributed by atoms with Gasteiger partial charge in [0.15, 0.2) is 11.6 Å². The SMILES string of the molecule is COc1c(F)cc(Br)c2[nH]c(=O)cc(O)c12. The standard InChI is InChI=1S/C10H7BrFNO3/c1-16-10-5(12)2-4(11)9-8(10)6(14)3-7(15)13-9/h2-3H,1H3,(H2,13,14,15). The molecule has 0 aliphatic rings. The van der Waals surface area contributed by atoms with E-state index in [-0.39, 0.29) is 16.9 Å². The summed E-state index contributed by atoms with van der Waals surface area (Å²) in [7, 11) is 1.29. The van der Waals surface area contributed by atoms with Gasteiger partial charge < -0.3 is 14.8 Å². The van der Waals surface area contributed by atoms with Crippen LogP contribution in [0.25, 0.3) is 10.9 Å². The number of methoxy groups -OCH3 is 1. The normalized spacial score (nSPS) is 10.7. The molecule has 2 aromatic rings. The van der Waals surface area contributed by atoms with E-state index in [0.29, 0.717) is 9.99 Å². The molecular weight excluding hydrogens is 281 g/mol. The molecule has 0 atom stereocenters. The summed E-state index contributed by atoms with van der Waals surface area (Å²) in [4.78, 5) is 13.7. The second kappa shape index (κ2) is 3.79. The van der Waals surface area contributed by atoms with Crippen LogP contribution < -0.4 is 10.3 Å². The van der Waals surface area contributed by atoms with Gasteiger partial charge in [-0.25, -0.2) is 4.39 Å². The zero-order valence-corrected chi connectivity index (χ0v) is 9.76. The zero-order chi connectivity index (χ0) is 11.9. The molecule has 16 heavy (non-hydrogen) atoms. The van der Waals surface area contributed by atoms with Gasteiger partial charge in [-0.2, -0.15) is 0 Å². The first-order valence-electron chi connectivity index (χ1n) is 4.32. The van der Waals surface area contributed by atoms with E-state index in [4.69, 9.17) is 4.74 Å². The highest BCUT2D eigenvalue weighted by Gasteiger charge is 2.16. The third-order valence-corrected chi connectivity index (χ3v) is 2.79. The molecule has 2 rings (SSSR count). The highest BCUT2D eigenvalue weighted by atomic mass is 79.9. The van der Waals surface area contributed by atoms with Crippen LogP contribution in [0.15, 0.2) is 21.4 Å². The van der Waals surface area contributed by atoms with Gasteiger partial charge in [0.25, 0.3) is 5.56 Å². The van der Waals surface area contributed by atoms with Crippen molar-refractivity contribution in [2.24, 2.45) is 0 Å². The van der Waals surface area contributed by atoms with Crippen molar-refractivity contribution in [3.63, 3.8) is 0 Å². The van der Waals surface area contributed by atoms with Crippen molar-refractivity contribution in [1.82, 2.24) is 4.98 Å². The highest BCUT2D eigenvalue weighted by Crippen LogP contribution is 2.37. The van der Waals surface area contributed by atoms with Crippen LogP contribution in [0.4, 0.5) is 4.39 Å². The van der Waals surface area contributed by atoms with E-state index in [2.05, 4.69) is 20.9 Å². The summed E-state index contributed by atoms with van der Waals surface area (Å²) in [5.74, 6) is -1.05. The Morgan fingerprint density at radius 2 is 2.19 bits per heavy atom. The first-order valence-corrected chi connectivity index (χ1v) is 5.12. The zero-order valence-electron chi connectivity index (χ0n) is 8.17. The van der Waals surface area contributed by atoms with Crippen LogP contribution in [0.5, 0.6) is 11.5 Å². The minimum Gasteiger partial charge on any atom is -0.507 e. The number of aromatic amines is 1. The molecule has 0 aliphatic carbocycles. The third-order valence-electron chi connectivity index (χ3n) is 2.16. The Hall–Kier alpha value is -1.56. The van der Waals surface area contributed by atoms with Gasteiger partial charge in [-0.05, 0) is 22.0 Å². The number of ether oxygens (including phenoxy) is 1. The van der Waals surface area contributed by atoms with Crippen LogP contribution >= 0.6 is 15.9 Å². The lowest BCUT2D eigenvalue weighted by Gasteiger charge is -2.09. The lowest BCUT2D eigenvalue weighted by atomic mass is 10.2. The quantitative estimate of drug-likeness (QED) is 0.845. The number of halogens is 2. The summed E-state index contributed by atoms with van der Waals surface area (Å²) >= 11 is 3.10. The Balaban J connectivity index is 3.05. The maximum absolute atomic E-state index is 13.5. The second-order valence-corrected chi connectivity index (χ2v) is 4.00.